The summed E-state index contributed by atoms with van der Waals surface area (Å²) in [6, 6.07) is 14.0. The van der Waals surface area contributed by atoms with Crippen molar-refractivity contribution in [3.05, 3.63) is 59.7 Å². The van der Waals surface area contributed by atoms with Crippen LogP contribution in [0.5, 0.6) is 5.75 Å². The van der Waals surface area contributed by atoms with Gasteiger partial charge in [-0.2, -0.15) is 0 Å². The smallest absolute Gasteiger partial charge is 0.338 e. The van der Waals surface area contributed by atoms with E-state index in [4.69, 9.17) is 9.47 Å². The Morgan fingerprint density at radius 3 is 2.55 bits per heavy atom. The number of piperidine rings is 1. The summed E-state index contributed by atoms with van der Waals surface area (Å²) in [5.74, 6) is -1.44. The fourth-order valence-corrected chi connectivity index (χ4v) is 4.62. The van der Waals surface area contributed by atoms with Gasteiger partial charge in [0.05, 0.1) is 12.2 Å². The molecule has 0 aromatic heterocycles. The molecule has 0 radical (unpaired) electrons. The first kappa shape index (κ1) is 20.9. The van der Waals surface area contributed by atoms with Gasteiger partial charge in [-0.25, -0.2) is 4.79 Å². The minimum Gasteiger partial charge on any atom is -0.468 e. The highest BCUT2D eigenvalue weighted by atomic mass is 16.5. The van der Waals surface area contributed by atoms with Gasteiger partial charge in [0, 0.05) is 24.6 Å². The van der Waals surface area contributed by atoms with Crippen molar-refractivity contribution in [3.8, 4) is 5.75 Å². The second kappa shape index (κ2) is 8.06. The fourth-order valence-electron chi connectivity index (χ4n) is 4.62. The highest BCUT2D eigenvalue weighted by Crippen LogP contribution is 2.50. The Labute approximate surface area is 181 Å². The molecule has 0 aliphatic carbocycles. The molecule has 2 amide bonds. The number of benzene rings is 2. The molecule has 162 valence electrons. The maximum atomic E-state index is 13.4. The molecule has 0 saturated carbocycles. The number of esters is 1. The third-order valence-corrected chi connectivity index (χ3v) is 6.01. The normalized spacial score (nSPS) is 24.1. The fraction of sp³-hybridized carbons (Fsp3) is 0.375. The van der Waals surface area contributed by atoms with E-state index in [1.807, 2.05) is 38.1 Å². The van der Waals surface area contributed by atoms with Crippen molar-refractivity contribution in [2.45, 2.75) is 38.8 Å². The Bertz CT molecular complexity index is 1020. The van der Waals surface area contributed by atoms with Crippen LogP contribution in [-0.2, 0) is 14.3 Å². The summed E-state index contributed by atoms with van der Waals surface area (Å²) in [5.41, 5.74) is 1.02. The highest BCUT2D eigenvalue weighted by Gasteiger charge is 2.55. The summed E-state index contributed by atoms with van der Waals surface area (Å²) in [6.07, 6.45) is 0.545. The van der Waals surface area contributed by atoms with E-state index in [0.29, 0.717) is 36.6 Å². The Balaban J connectivity index is 1.61. The van der Waals surface area contributed by atoms with Gasteiger partial charge in [0.15, 0.2) is 5.72 Å². The van der Waals surface area contributed by atoms with Crippen LogP contribution in [0.2, 0.25) is 0 Å². The second-order valence-corrected chi connectivity index (χ2v) is 7.97. The van der Waals surface area contributed by atoms with Crippen LogP contribution in [0, 0.1) is 5.92 Å². The summed E-state index contributed by atoms with van der Waals surface area (Å²) in [7, 11) is 0. The minimum atomic E-state index is -0.859. The molecule has 2 aliphatic rings. The number of hydrogen-bond donors (Lipinski definition) is 1. The molecule has 31 heavy (non-hydrogen) atoms. The Morgan fingerprint density at radius 2 is 1.87 bits per heavy atom. The van der Waals surface area contributed by atoms with E-state index in [-0.39, 0.29) is 17.7 Å². The van der Waals surface area contributed by atoms with Crippen LogP contribution in [0.1, 0.15) is 49.0 Å². The molecular weight excluding hydrogens is 396 g/mol. The molecular formula is C24H26N2O5. The van der Waals surface area contributed by atoms with E-state index in [2.05, 4.69) is 5.32 Å². The lowest BCUT2D eigenvalue weighted by Crippen LogP contribution is -2.64. The zero-order valence-corrected chi connectivity index (χ0v) is 17.9. The zero-order chi connectivity index (χ0) is 22.2. The van der Waals surface area contributed by atoms with Crippen LogP contribution in [0.15, 0.2) is 48.5 Å². The van der Waals surface area contributed by atoms with Gasteiger partial charge in [0.2, 0.25) is 11.8 Å². The predicted molar refractivity (Wildman–Crippen MR) is 115 cm³/mol. The zero-order valence-electron chi connectivity index (χ0n) is 17.9. The van der Waals surface area contributed by atoms with E-state index in [1.165, 1.54) is 0 Å². The van der Waals surface area contributed by atoms with Gasteiger partial charge < -0.3 is 19.7 Å². The Kier molecular flexibility index (Phi) is 5.43. The molecule has 7 heteroatoms. The Hall–Kier alpha value is -3.35. The molecule has 1 fully saturated rings. The maximum absolute atomic E-state index is 13.4. The highest BCUT2D eigenvalue weighted by molar-refractivity contribution is 6.08. The molecule has 2 aromatic carbocycles. The van der Waals surface area contributed by atoms with Crippen molar-refractivity contribution in [2.24, 2.45) is 5.92 Å². The van der Waals surface area contributed by atoms with Gasteiger partial charge in [0.1, 0.15) is 11.7 Å². The quantitative estimate of drug-likeness (QED) is 0.588. The van der Waals surface area contributed by atoms with Crippen molar-refractivity contribution in [1.29, 1.82) is 0 Å². The van der Waals surface area contributed by atoms with E-state index in [1.54, 1.807) is 36.1 Å². The number of hydrogen-bond acceptors (Lipinski definition) is 5. The number of anilines is 1. The number of rotatable bonds is 5. The first-order valence-electron chi connectivity index (χ1n) is 10.6. The van der Waals surface area contributed by atoms with Gasteiger partial charge >= 0.3 is 5.97 Å². The summed E-state index contributed by atoms with van der Waals surface area (Å²) >= 11 is 0. The lowest BCUT2D eigenvalue weighted by atomic mass is 9.73. The average molecular weight is 422 g/mol. The summed E-state index contributed by atoms with van der Waals surface area (Å²) in [5, 5.41) is 2.85. The van der Waals surface area contributed by atoms with Crippen LogP contribution in [0.25, 0.3) is 0 Å². The molecule has 2 bridgehead atoms. The Morgan fingerprint density at radius 1 is 1.16 bits per heavy atom. The number of amides is 2. The summed E-state index contributed by atoms with van der Waals surface area (Å²) in [4.78, 5) is 40.1. The molecule has 4 rings (SSSR count). The minimum absolute atomic E-state index is 0.239. The van der Waals surface area contributed by atoms with Crippen molar-refractivity contribution < 1.29 is 23.9 Å². The van der Waals surface area contributed by atoms with Gasteiger partial charge in [-0.05, 0) is 56.7 Å². The van der Waals surface area contributed by atoms with Gasteiger partial charge in [-0.1, -0.05) is 18.2 Å². The van der Waals surface area contributed by atoms with Gasteiger partial charge in [-0.15, -0.1) is 0 Å². The molecule has 7 nitrogen and oxygen atoms in total. The molecule has 0 spiro atoms. The third kappa shape index (κ3) is 3.65. The number of fused-ring (bicyclic) bond motifs is 4. The maximum Gasteiger partial charge on any atom is 0.338 e. The van der Waals surface area contributed by atoms with Crippen LogP contribution in [-0.4, -0.2) is 41.6 Å². The predicted octanol–water partition coefficient (Wildman–Crippen LogP) is 3.56. The molecule has 3 unspecified atom stereocenters. The number of carbonyl (C=O) groups excluding carboxylic acids is 3. The first-order valence-corrected chi connectivity index (χ1v) is 10.6. The monoisotopic (exact) mass is 422 g/mol. The number of para-hydroxylation sites is 1. The average Bonchev–Trinajstić information content (AvgIpc) is 2.74. The van der Waals surface area contributed by atoms with Crippen LogP contribution in [0.4, 0.5) is 5.69 Å². The number of ether oxygens (including phenoxy) is 2. The topological polar surface area (TPSA) is 84.9 Å². The standard InChI is InChI=1S/C24H26N2O5/c1-4-26-22(28)20(18-14-24(26,3)31-19-9-7-6-8-17(18)19)21(27)25-16-12-10-15(11-13-16)23(29)30-5-2/h6-13,18,20H,4-5,14H2,1-3H3,(H,25,27). The van der Waals surface area contributed by atoms with Crippen LogP contribution < -0.4 is 10.1 Å². The van der Waals surface area contributed by atoms with Gasteiger partial charge in [-0.3, -0.25) is 9.59 Å². The molecule has 2 aromatic rings. The third-order valence-electron chi connectivity index (χ3n) is 6.01. The van der Waals surface area contributed by atoms with E-state index >= 15 is 0 Å². The van der Waals surface area contributed by atoms with Crippen LogP contribution >= 0.6 is 0 Å². The van der Waals surface area contributed by atoms with Gasteiger partial charge in [0.25, 0.3) is 0 Å². The number of carbonyl (C=O) groups is 3. The first-order chi connectivity index (χ1) is 14.9. The van der Waals surface area contributed by atoms with Crippen molar-refractivity contribution in [1.82, 2.24) is 4.90 Å². The van der Waals surface area contributed by atoms with Crippen molar-refractivity contribution in [3.63, 3.8) is 0 Å². The summed E-state index contributed by atoms with van der Waals surface area (Å²) < 4.78 is 11.2. The molecule has 3 atom stereocenters. The SMILES string of the molecule is CCOC(=O)c1ccc(NC(=O)C2C(=O)N(CC)C3(C)CC2c2ccccc2O3)cc1. The van der Waals surface area contributed by atoms with Crippen LogP contribution in [0.3, 0.4) is 0 Å². The lowest BCUT2D eigenvalue weighted by Gasteiger charge is -2.52. The molecule has 2 heterocycles. The molecule has 2 aliphatic heterocycles. The summed E-state index contributed by atoms with van der Waals surface area (Å²) in [6.45, 7) is 6.27. The number of nitrogens with one attached hydrogen (secondary N) is 1. The lowest BCUT2D eigenvalue weighted by molar-refractivity contribution is -0.174. The second-order valence-electron chi connectivity index (χ2n) is 7.97. The number of likely N-dealkylation sites (tertiary alicyclic amines) is 1. The molecule has 1 N–H and O–H groups in total. The largest absolute Gasteiger partial charge is 0.468 e. The van der Waals surface area contributed by atoms with E-state index in [0.717, 1.165) is 5.56 Å². The van der Waals surface area contributed by atoms with Crippen molar-refractivity contribution >= 4 is 23.5 Å². The number of nitrogens with zero attached hydrogens (tertiary/aromatic N) is 1. The van der Waals surface area contributed by atoms with E-state index in [9.17, 15) is 14.4 Å². The molecule has 1 saturated heterocycles. The van der Waals surface area contributed by atoms with Crippen molar-refractivity contribution in [2.75, 3.05) is 18.5 Å². The van der Waals surface area contributed by atoms with E-state index < -0.39 is 17.6 Å².